The fraction of sp³-hybridized carbons (Fsp3) is 0.615. The maximum atomic E-state index is 12.7. The lowest BCUT2D eigenvalue weighted by Gasteiger charge is -2.31. The lowest BCUT2D eigenvalue weighted by atomic mass is 9.99. The standard InChI is InChI=1S/C13H20N4O6S/c1-8-10(12(20)16-13(21)15-8)24(22,23)17-5-2-3-9(7-17)11(19)14-4-6-18/h9,18H,2-7H2,1H3,(H,14,19)(H2,15,16,20,21)/t9-/m0/s1. The number of hydrogen-bond acceptors (Lipinski definition) is 6. The van der Waals surface area contributed by atoms with Crippen molar-refractivity contribution in [2.75, 3.05) is 26.2 Å². The lowest BCUT2D eigenvalue weighted by molar-refractivity contribution is -0.126. The van der Waals surface area contributed by atoms with Gasteiger partial charge in [-0.3, -0.25) is 14.6 Å². The van der Waals surface area contributed by atoms with Crippen LogP contribution in [-0.4, -0.2) is 59.9 Å². The van der Waals surface area contributed by atoms with Crippen molar-refractivity contribution in [3.05, 3.63) is 26.5 Å². The fourth-order valence-electron chi connectivity index (χ4n) is 2.73. The van der Waals surface area contributed by atoms with E-state index in [-0.39, 0.29) is 37.8 Å². The number of amides is 1. The van der Waals surface area contributed by atoms with Gasteiger partial charge >= 0.3 is 5.69 Å². The molecule has 1 atom stereocenters. The molecule has 134 valence electrons. The molecule has 2 heterocycles. The normalized spacial score (nSPS) is 19.2. The van der Waals surface area contributed by atoms with Crippen LogP contribution in [0.3, 0.4) is 0 Å². The summed E-state index contributed by atoms with van der Waals surface area (Å²) in [4.78, 5) is 38.8. The maximum Gasteiger partial charge on any atom is 0.325 e. The summed E-state index contributed by atoms with van der Waals surface area (Å²) >= 11 is 0. The van der Waals surface area contributed by atoms with Gasteiger partial charge in [0.2, 0.25) is 15.9 Å². The van der Waals surface area contributed by atoms with Crippen molar-refractivity contribution >= 4 is 15.9 Å². The number of nitrogens with one attached hydrogen (secondary N) is 3. The number of carbonyl (C=O) groups excluding carboxylic acids is 1. The fourth-order valence-corrected chi connectivity index (χ4v) is 4.45. The highest BCUT2D eigenvalue weighted by Crippen LogP contribution is 2.23. The number of H-pyrrole nitrogens is 2. The molecule has 0 aliphatic carbocycles. The largest absolute Gasteiger partial charge is 0.395 e. The SMILES string of the molecule is Cc1[nH]c(=O)[nH]c(=O)c1S(=O)(=O)N1CCC[C@H](C(=O)NCCO)C1. The molecule has 11 heteroatoms. The van der Waals surface area contributed by atoms with Gasteiger partial charge in [-0.2, -0.15) is 4.31 Å². The Kier molecular flexibility index (Phi) is 5.57. The van der Waals surface area contributed by atoms with Gasteiger partial charge in [0.25, 0.3) is 5.56 Å². The second-order valence-corrected chi connectivity index (χ2v) is 7.45. The van der Waals surface area contributed by atoms with Crippen molar-refractivity contribution < 1.29 is 18.3 Å². The van der Waals surface area contributed by atoms with Crippen LogP contribution in [0.15, 0.2) is 14.5 Å². The van der Waals surface area contributed by atoms with E-state index in [0.29, 0.717) is 12.8 Å². The van der Waals surface area contributed by atoms with E-state index in [2.05, 4.69) is 10.3 Å². The quantitative estimate of drug-likeness (QED) is 0.471. The molecular weight excluding hydrogens is 340 g/mol. The van der Waals surface area contributed by atoms with Crippen LogP contribution in [0.25, 0.3) is 0 Å². The zero-order valence-corrected chi connectivity index (χ0v) is 14.0. The monoisotopic (exact) mass is 360 g/mol. The van der Waals surface area contributed by atoms with Crippen LogP contribution in [0.4, 0.5) is 0 Å². The van der Waals surface area contributed by atoms with Gasteiger partial charge in [0.1, 0.15) is 0 Å². The predicted molar refractivity (Wildman–Crippen MR) is 84.0 cm³/mol. The summed E-state index contributed by atoms with van der Waals surface area (Å²) < 4.78 is 26.5. The number of hydrogen-bond donors (Lipinski definition) is 4. The average Bonchev–Trinajstić information content (AvgIpc) is 2.51. The predicted octanol–water partition coefficient (Wildman–Crippen LogP) is -2.12. The highest BCUT2D eigenvalue weighted by Gasteiger charge is 2.35. The molecule has 0 saturated carbocycles. The minimum atomic E-state index is -4.14. The van der Waals surface area contributed by atoms with E-state index in [1.54, 1.807) is 0 Å². The number of sulfonamides is 1. The van der Waals surface area contributed by atoms with E-state index in [4.69, 9.17) is 5.11 Å². The molecule has 1 amide bonds. The van der Waals surface area contributed by atoms with E-state index in [9.17, 15) is 22.8 Å². The van der Waals surface area contributed by atoms with Crippen molar-refractivity contribution in [2.24, 2.45) is 5.92 Å². The third-order valence-electron chi connectivity index (χ3n) is 3.84. The number of aromatic amines is 2. The van der Waals surface area contributed by atoms with E-state index in [1.807, 2.05) is 4.98 Å². The maximum absolute atomic E-state index is 12.7. The first-order valence-corrected chi connectivity index (χ1v) is 8.93. The third-order valence-corrected chi connectivity index (χ3v) is 5.86. The molecule has 1 aliphatic rings. The molecule has 2 rings (SSSR count). The zero-order valence-electron chi connectivity index (χ0n) is 13.2. The molecule has 1 aliphatic heterocycles. The highest BCUT2D eigenvalue weighted by atomic mass is 32.2. The van der Waals surface area contributed by atoms with Crippen LogP contribution in [0.2, 0.25) is 0 Å². The zero-order chi connectivity index (χ0) is 17.9. The van der Waals surface area contributed by atoms with Crippen molar-refractivity contribution in [2.45, 2.75) is 24.7 Å². The number of piperidine rings is 1. The average molecular weight is 360 g/mol. The molecule has 10 nitrogen and oxygen atoms in total. The van der Waals surface area contributed by atoms with Crippen molar-refractivity contribution in [3.8, 4) is 0 Å². The van der Waals surface area contributed by atoms with Gasteiger partial charge in [-0.25, -0.2) is 13.2 Å². The number of aromatic nitrogens is 2. The summed E-state index contributed by atoms with van der Waals surface area (Å²) in [5.74, 6) is -0.890. The summed E-state index contributed by atoms with van der Waals surface area (Å²) in [6.07, 6.45) is 0.987. The van der Waals surface area contributed by atoms with Gasteiger partial charge in [-0.15, -0.1) is 0 Å². The van der Waals surface area contributed by atoms with Gasteiger partial charge in [0.05, 0.1) is 12.5 Å². The summed E-state index contributed by atoms with van der Waals surface area (Å²) in [6.45, 7) is 1.35. The Balaban J connectivity index is 2.28. The van der Waals surface area contributed by atoms with Crippen molar-refractivity contribution in [1.82, 2.24) is 19.6 Å². The second kappa shape index (κ2) is 7.28. The van der Waals surface area contributed by atoms with Crippen LogP contribution < -0.4 is 16.6 Å². The minimum absolute atomic E-state index is 0.0457. The molecule has 1 fully saturated rings. The number of carbonyl (C=O) groups is 1. The van der Waals surface area contributed by atoms with Crippen LogP contribution in [0.5, 0.6) is 0 Å². The van der Waals surface area contributed by atoms with E-state index in [1.165, 1.54) is 6.92 Å². The van der Waals surface area contributed by atoms with Crippen molar-refractivity contribution in [3.63, 3.8) is 0 Å². The molecule has 4 N–H and O–H groups in total. The molecule has 0 aromatic carbocycles. The number of aliphatic hydroxyl groups excluding tert-OH is 1. The number of rotatable bonds is 5. The third kappa shape index (κ3) is 3.74. The molecule has 24 heavy (non-hydrogen) atoms. The van der Waals surface area contributed by atoms with E-state index in [0.717, 1.165) is 4.31 Å². The van der Waals surface area contributed by atoms with Gasteiger partial charge in [-0.05, 0) is 19.8 Å². The molecule has 1 aromatic rings. The second-order valence-electron chi connectivity index (χ2n) is 5.58. The summed E-state index contributed by atoms with van der Waals surface area (Å²) in [7, 11) is -4.14. The van der Waals surface area contributed by atoms with E-state index < -0.39 is 32.1 Å². The Morgan fingerprint density at radius 3 is 2.71 bits per heavy atom. The first-order valence-electron chi connectivity index (χ1n) is 7.49. The van der Waals surface area contributed by atoms with Gasteiger partial charge < -0.3 is 15.4 Å². The van der Waals surface area contributed by atoms with Gasteiger partial charge in [-0.1, -0.05) is 0 Å². The number of aryl methyl sites for hydroxylation is 1. The molecule has 0 spiro atoms. The summed E-state index contributed by atoms with van der Waals surface area (Å²) in [5, 5.41) is 11.3. The van der Waals surface area contributed by atoms with Crippen molar-refractivity contribution in [1.29, 1.82) is 0 Å². The van der Waals surface area contributed by atoms with E-state index >= 15 is 0 Å². The first kappa shape index (κ1) is 18.4. The molecule has 1 aromatic heterocycles. The molecule has 0 radical (unpaired) electrons. The Morgan fingerprint density at radius 2 is 2.08 bits per heavy atom. The summed E-state index contributed by atoms with van der Waals surface area (Å²) in [5.41, 5.74) is -1.81. The first-order chi connectivity index (χ1) is 11.3. The Labute approximate surface area is 137 Å². The van der Waals surface area contributed by atoms with Crippen LogP contribution in [-0.2, 0) is 14.8 Å². The topological polar surface area (TPSA) is 152 Å². The molecular formula is C13H20N4O6S. The Morgan fingerprint density at radius 1 is 1.38 bits per heavy atom. The number of aliphatic hydroxyl groups is 1. The Bertz CT molecular complexity index is 828. The smallest absolute Gasteiger partial charge is 0.325 e. The van der Waals surface area contributed by atoms with Crippen LogP contribution in [0.1, 0.15) is 18.5 Å². The lowest BCUT2D eigenvalue weighted by Crippen LogP contribution is -2.47. The highest BCUT2D eigenvalue weighted by molar-refractivity contribution is 7.89. The molecule has 1 saturated heterocycles. The molecule has 0 bridgehead atoms. The van der Waals surface area contributed by atoms with Crippen LogP contribution in [0, 0.1) is 12.8 Å². The van der Waals surface area contributed by atoms with Gasteiger partial charge in [0.15, 0.2) is 4.90 Å². The minimum Gasteiger partial charge on any atom is -0.395 e. The summed E-state index contributed by atoms with van der Waals surface area (Å²) in [6, 6.07) is 0. The number of nitrogens with zero attached hydrogens (tertiary/aromatic N) is 1. The van der Waals surface area contributed by atoms with Crippen LogP contribution >= 0.6 is 0 Å². The Hall–Kier alpha value is -1.98. The van der Waals surface area contributed by atoms with Gasteiger partial charge in [0, 0.05) is 25.3 Å². The molecule has 0 unspecified atom stereocenters.